The molecule has 0 radical (unpaired) electrons. The highest BCUT2D eigenvalue weighted by molar-refractivity contribution is 7.80. The van der Waals surface area contributed by atoms with Gasteiger partial charge in [0.05, 0.1) is 11.3 Å². The third-order valence-corrected chi connectivity index (χ3v) is 3.12. The number of rotatable bonds is 5. The fraction of sp³-hybridized carbons (Fsp3) is 0.636. The summed E-state index contributed by atoms with van der Waals surface area (Å²) in [7, 11) is 5.99. The van der Waals surface area contributed by atoms with Crippen LogP contribution in [0.25, 0.3) is 0 Å². The number of nitrogens with two attached hydrogens (primary N) is 1. The normalized spacial score (nSPS) is 12.8. The summed E-state index contributed by atoms with van der Waals surface area (Å²) in [6, 6.07) is 0.421. The first-order valence-electron chi connectivity index (χ1n) is 5.58. The van der Waals surface area contributed by atoms with E-state index in [0.29, 0.717) is 11.0 Å². The van der Waals surface area contributed by atoms with Gasteiger partial charge in [0.25, 0.3) is 0 Å². The second-order valence-corrected chi connectivity index (χ2v) is 4.93. The van der Waals surface area contributed by atoms with Crippen molar-refractivity contribution in [1.82, 2.24) is 14.7 Å². The van der Waals surface area contributed by atoms with Gasteiger partial charge in [0.1, 0.15) is 10.8 Å². The van der Waals surface area contributed by atoms with E-state index in [0.717, 1.165) is 23.6 Å². The quantitative estimate of drug-likeness (QED) is 0.760. The molecule has 0 aliphatic carbocycles. The first-order chi connectivity index (χ1) is 7.84. The number of aromatic nitrogens is 2. The van der Waals surface area contributed by atoms with Crippen LogP contribution in [0.4, 0.5) is 5.82 Å². The Hall–Kier alpha value is -1.14. The van der Waals surface area contributed by atoms with Crippen molar-refractivity contribution in [3.63, 3.8) is 0 Å². The number of aryl methyl sites for hydroxylation is 2. The Kier molecular flexibility index (Phi) is 4.47. The second kappa shape index (κ2) is 5.46. The Balaban J connectivity index is 2.87. The molecule has 0 spiro atoms. The molecule has 1 aromatic heterocycles. The van der Waals surface area contributed by atoms with E-state index in [9.17, 15) is 0 Å². The van der Waals surface area contributed by atoms with Crippen LogP contribution >= 0.6 is 12.2 Å². The molecule has 96 valence electrons. The number of nitrogens with zero attached hydrogens (tertiary/aromatic N) is 3. The van der Waals surface area contributed by atoms with Crippen molar-refractivity contribution in [2.45, 2.75) is 19.9 Å². The SMILES string of the molecule is Cc1nn(C)c(NCC(C)N(C)C)c1C(N)=S. The molecule has 0 aliphatic heterocycles. The van der Waals surface area contributed by atoms with E-state index in [1.807, 2.05) is 14.0 Å². The third-order valence-electron chi connectivity index (χ3n) is 2.92. The smallest absolute Gasteiger partial charge is 0.134 e. The first kappa shape index (κ1) is 13.9. The predicted octanol–water partition coefficient (Wildman–Crippen LogP) is 0.725. The lowest BCUT2D eigenvalue weighted by atomic mass is 10.2. The maximum Gasteiger partial charge on any atom is 0.134 e. The molecule has 17 heavy (non-hydrogen) atoms. The number of hydrogen-bond donors (Lipinski definition) is 2. The minimum atomic E-state index is 0.385. The van der Waals surface area contributed by atoms with E-state index in [-0.39, 0.29) is 0 Å². The predicted molar refractivity (Wildman–Crippen MR) is 75.5 cm³/mol. The highest BCUT2D eigenvalue weighted by atomic mass is 32.1. The molecule has 0 bridgehead atoms. The topological polar surface area (TPSA) is 59.1 Å². The summed E-state index contributed by atoms with van der Waals surface area (Å²) < 4.78 is 1.78. The summed E-state index contributed by atoms with van der Waals surface area (Å²) in [6.07, 6.45) is 0. The van der Waals surface area contributed by atoms with Gasteiger partial charge in [-0.25, -0.2) is 0 Å². The minimum absolute atomic E-state index is 0.385. The molecule has 0 aliphatic rings. The Morgan fingerprint density at radius 3 is 2.65 bits per heavy atom. The van der Waals surface area contributed by atoms with Crippen molar-refractivity contribution in [2.75, 3.05) is 26.0 Å². The van der Waals surface area contributed by atoms with Crippen LogP contribution in [0.5, 0.6) is 0 Å². The van der Waals surface area contributed by atoms with Crippen LogP contribution in [0.1, 0.15) is 18.2 Å². The zero-order valence-electron chi connectivity index (χ0n) is 11.1. The zero-order valence-corrected chi connectivity index (χ0v) is 11.9. The third kappa shape index (κ3) is 3.17. The molecule has 1 rings (SSSR count). The lowest BCUT2D eigenvalue weighted by Gasteiger charge is -2.21. The van der Waals surface area contributed by atoms with Gasteiger partial charge in [-0.3, -0.25) is 4.68 Å². The van der Waals surface area contributed by atoms with Gasteiger partial charge in [0.2, 0.25) is 0 Å². The van der Waals surface area contributed by atoms with Gasteiger partial charge in [0.15, 0.2) is 0 Å². The molecule has 1 unspecified atom stereocenters. The Bertz CT molecular complexity index is 410. The summed E-state index contributed by atoms with van der Waals surface area (Å²) in [6.45, 7) is 4.88. The number of nitrogens with one attached hydrogen (secondary N) is 1. The van der Waals surface area contributed by atoms with E-state index in [1.165, 1.54) is 0 Å². The molecule has 1 aromatic rings. The van der Waals surface area contributed by atoms with Crippen LogP contribution < -0.4 is 11.1 Å². The van der Waals surface area contributed by atoms with Gasteiger partial charge in [-0.1, -0.05) is 12.2 Å². The highest BCUT2D eigenvalue weighted by Crippen LogP contribution is 2.18. The van der Waals surface area contributed by atoms with Crippen LogP contribution in [-0.2, 0) is 7.05 Å². The van der Waals surface area contributed by atoms with Crippen LogP contribution in [0.15, 0.2) is 0 Å². The Morgan fingerprint density at radius 1 is 1.59 bits per heavy atom. The number of likely N-dealkylation sites (N-methyl/N-ethyl adjacent to an activating group) is 1. The summed E-state index contributed by atoms with van der Waals surface area (Å²) in [5.41, 5.74) is 7.42. The van der Waals surface area contributed by atoms with Crippen molar-refractivity contribution in [3.05, 3.63) is 11.3 Å². The molecular weight excluding hydrogens is 234 g/mol. The average molecular weight is 255 g/mol. The van der Waals surface area contributed by atoms with Crippen molar-refractivity contribution in [1.29, 1.82) is 0 Å². The standard InChI is InChI=1S/C11H21N5S/c1-7(15(3)4)6-13-11-9(10(12)17)8(2)14-16(11)5/h7,13H,6H2,1-5H3,(H2,12,17). The molecule has 3 N–H and O–H groups in total. The van der Waals surface area contributed by atoms with Gasteiger partial charge < -0.3 is 16.0 Å². The van der Waals surface area contributed by atoms with E-state index in [2.05, 4.69) is 36.3 Å². The van der Waals surface area contributed by atoms with E-state index < -0.39 is 0 Å². The fourth-order valence-electron chi connectivity index (χ4n) is 1.58. The summed E-state index contributed by atoms with van der Waals surface area (Å²) in [5, 5.41) is 7.68. The lowest BCUT2D eigenvalue weighted by molar-refractivity contribution is 0.325. The Labute approximate surface area is 108 Å². The Morgan fingerprint density at radius 2 is 2.18 bits per heavy atom. The molecule has 0 fully saturated rings. The van der Waals surface area contributed by atoms with E-state index in [4.69, 9.17) is 18.0 Å². The van der Waals surface area contributed by atoms with Crippen molar-refractivity contribution < 1.29 is 0 Å². The molecular formula is C11H21N5S. The van der Waals surface area contributed by atoms with Crippen molar-refractivity contribution in [3.8, 4) is 0 Å². The number of hydrogen-bond acceptors (Lipinski definition) is 4. The van der Waals surface area contributed by atoms with Gasteiger partial charge in [-0.05, 0) is 27.9 Å². The minimum Gasteiger partial charge on any atom is -0.389 e. The maximum absolute atomic E-state index is 5.72. The van der Waals surface area contributed by atoms with E-state index in [1.54, 1.807) is 4.68 Å². The number of thiocarbonyl (C=S) groups is 1. The first-order valence-corrected chi connectivity index (χ1v) is 5.99. The zero-order chi connectivity index (χ0) is 13.2. The largest absolute Gasteiger partial charge is 0.389 e. The van der Waals surface area contributed by atoms with Crippen molar-refractivity contribution >= 4 is 23.0 Å². The molecule has 0 saturated heterocycles. The molecule has 6 heteroatoms. The van der Waals surface area contributed by atoms with Gasteiger partial charge in [0, 0.05) is 19.6 Å². The maximum atomic E-state index is 5.72. The molecule has 0 amide bonds. The molecule has 0 aromatic carbocycles. The summed E-state index contributed by atoms with van der Waals surface area (Å²) in [5.74, 6) is 0.892. The monoisotopic (exact) mass is 255 g/mol. The number of anilines is 1. The summed E-state index contributed by atoms with van der Waals surface area (Å²) >= 11 is 5.06. The molecule has 1 heterocycles. The van der Waals surface area contributed by atoms with Gasteiger partial charge >= 0.3 is 0 Å². The molecule has 5 nitrogen and oxygen atoms in total. The van der Waals surface area contributed by atoms with Gasteiger partial charge in [-0.2, -0.15) is 5.10 Å². The van der Waals surface area contributed by atoms with E-state index >= 15 is 0 Å². The van der Waals surface area contributed by atoms with Crippen LogP contribution in [-0.4, -0.2) is 46.4 Å². The fourth-order valence-corrected chi connectivity index (χ4v) is 1.83. The van der Waals surface area contributed by atoms with Crippen molar-refractivity contribution in [2.24, 2.45) is 12.8 Å². The second-order valence-electron chi connectivity index (χ2n) is 4.49. The van der Waals surface area contributed by atoms with Gasteiger partial charge in [-0.15, -0.1) is 0 Å². The van der Waals surface area contributed by atoms with Crippen LogP contribution in [0.3, 0.4) is 0 Å². The molecule has 1 atom stereocenters. The highest BCUT2D eigenvalue weighted by Gasteiger charge is 2.16. The molecule has 0 saturated carbocycles. The average Bonchev–Trinajstić information content (AvgIpc) is 2.49. The van der Waals surface area contributed by atoms with Crippen LogP contribution in [0.2, 0.25) is 0 Å². The summed E-state index contributed by atoms with van der Waals surface area (Å²) in [4.78, 5) is 2.53. The van der Waals surface area contributed by atoms with Crippen LogP contribution in [0, 0.1) is 6.92 Å². The lowest BCUT2D eigenvalue weighted by Crippen LogP contribution is -2.32.